The van der Waals surface area contributed by atoms with Gasteiger partial charge < -0.3 is 0 Å². The largest absolute Gasteiger partial charge is 0.256 e. The lowest BCUT2D eigenvalue weighted by atomic mass is 9.84. The van der Waals surface area contributed by atoms with Gasteiger partial charge in [-0.3, -0.25) is 15.0 Å². The maximum absolute atomic E-state index is 16.2. The topological polar surface area (TPSA) is 38.7 Å². The molecule has 0 bridgehead atoms. The van der Waals surface area contributed by atoms with Crippen molar-refractivity contribution in [2.75, 3.05) is 0 Å². The van der Waals surface area contributed by atoms with Crippen molar-refractivity contribution in [1.29, 1.82) is 0 Å². The van der Waals surface area contributed by atoms with Crippen LogP contribution in [0.4, 0.5) is 26.3 Å². The summed E-state index contributed by atoms with van der Waals surface area (Å²) in [6.45, 7) is 3.71. The Hall–Kier alpha value is -10.8. The molecule has 412 valence electrons. The highest BCUT2D eigenvalue weighted by molar-refractivity contribution is 6.26. The molecule has 0 spiro atoms. The summed E-state index contributed by atoms with van der Waals surface area (Å²) < 4.78 is 90.8. The van der Waals surface area contributed by atoms with E-state index in [-0.39, 0.29) is 11.1 Å². The molecule has 3 nitrogen and oxygen atoms in total. The van der Waals surface area contributed by atoms with E-state index in [0.717, 1.165) is 78.1 Å². The van der Waals surface area contributed by atoms with Crippen molar-refractivity contribution < 1.29 is 26.3 Å². The van der Waals surface area contributed by atoms with Crippen molar-refractivity contribution in [1.82, 2.24) is 15.0 Å². The molecule has 0 N–H and O–H groups in total. The molecule has 3 aromatic heterocycles. The third-order valence-electron chi connectivity index (χ3n) is 16.3. The Morgan fingerprint density at radius 3 is 1.10 bits per heavy atom. The van der Waals surface area contributed by atoms with Crippen LogP contribution in [0.25, 0.3) is 144 Å². The number of aryl methyl sites for hydroxylation is 2. The molecule has 9 heteroatoms. The second kappa shape index (κ2) is 21.8. The Kier molecular flexibility index (Phi) is 13.5. The minimum absolute atomic E-state index is 0.126. The van der Waals surface area contributed by atoms with Crippen LogP contribution in [-0.4, -0.2) is 15.0 Å². The van der Waals surface area contributed by atoms with Gasteiger partial charge in [-0.1, -0.05) is 127 Å². The molecule has 0 saturated heterocycles. The molecule has 86 heavy (non-hydrogen) atoms. The molecule has 0 aliphatic heterocycles. The number of nitrogens with zero attached hydrogens (tertiary/aromatic N) is 3. The lowest BCUT2D eigenvalue weighted by Crippen LogP contribution is -1.97. The molecule has 0 amide bonds. The highest BCUT2D eigenvalue weighted by atomic mass is 19.2. The number of hydrogen-bond donors (Lipinski definition) is 0. The van der Waals surface area contributed by atoms with Crippen LogP contribution < -0.4 is 0 Å². The van der Waals surface area contributed by atoms with Gasteiger partial charge in [0, 0.05) is 64.1 Å². The van der Waals surface area contributed by atoms with Crippen molar-refractivity contribution in [2.45, 2.75) is 13.8 Å². The first-order valence-corrected chi connectivity index (χ1v) is 28.0. The van der Waals surface area contributed by atoms with E-state index in [4.69, 9.17) is 4.98 Å². The summed E-state index contributed by atoms with van der Waals surface area (Å²) in [5, 5.41) is 6.86. The van der Waals surface area contributed by atoms with Gasteiger partial charge in [0.2, 0.25) is 0 Å². The fraction of sp³-hybridized carbons (Fsp3) is 0.0260. The molecule has 14 aromatic rings. The third-order valence-corrected chi connectivity index (χ3v) is 16.3. The molecular formula is C77H47F6N3. The summed E-state index contributed by atoms with van der Waals surface area (Å²) in [6.07, 6.45) is 5.14. The molecule has 0 aliphatic rings. The van der Waals surface area contributed by atoms with Crippen LogP contribution in [0.5, 0.6) is 0 Å². The van der Waals surface area contributed by atoms with Crippen LogP contribution >= 0.6 is 0 Å². The summed E-state index contributed by atoms with van der Waals surface area (Å²) in [5.74, 6) is -3.96. The second-order valence-electron chi connectivity index (χ2n) is 21.6. The first-order chi connectivity index (χ1) is 41.9. The fourth-order valence-electron chi connectivity index (χ4n) is 12.2. The van der Waals surface area contributed by atoms with E-state index in [2.05, 4.69) is 88.8 Å². The van der Waals surface area contributed by atoms with Crippen LogP contribution in [0.15, 0.2) is 249 Å². The van der Waals surface area contributed by atoms with Gasteiger partial charge in [0.1, 0.15) is 34.9 Å². The maximum Gasteiger partial charge on any atom is 0.135 e. The minimum Gasteiger partial charge on any atom is -0.256 e. The minimum atomic E-state index is -0.758. The fourth-order valence-corrected chi connectivity index (χ4v) is 12.2. The molecule has 0 unspecified atom stereocenters. The van der Waals surface area contributed by atoms with E-state index in [0.29, 0.717) is 72.6 Å². The standard InChI is InChI=1S/C77H47F6N3/c1-44-30-76(64-28-23-53(80)38-73(64)82)85-41-70(44)62-26-21-51(78)36-66(62)49-32-48(33-50(34-49)67-37-52(79)22-27-63(67)71-42-86-77(31-45(71)2)65-29-24-54(81)39-74(65)83)55-14-6-7-15-56(55)72-43-84-75(46-12-4-3-5-13-46)40-68(72)47-20-25-61-59-18-9-8-16-57(59)58-17-10-11-19-60(58)69(61)35-47/h3-43H,1-2H3. The lowest BCUT2D eigenvalue weighted by Gasteiger charge is -2.20. The van der Waals surface area contributed by atoms with Crippen molar-refractivity contribution in [3.8, 4) is 112 Å². The predicted molar refractivity (Wildman–Crippen MR) is 336 cm³/mol. The molecule has 11 aromatic carbocycles. The average Bonchev–Trinajstić information content (AvgIpc) is 0.881. The van der Waals surface area contributed by atoms with Crippen LogP contribution in [0.1, 0.15) is 11.1 Å². The zero-order chi connectivity index (χ0) is 58.7. The molecule has 0 saturated carbocycles. The van der Waals surface area contributed by atoms with Gasteiger partial charge in [0.15, 0.2) is 0 Å². The lowest BCUT2D eigenvalue weighted by molar-refractivity contribution is 0.584. The first kappa shape index (κ1) is 53.2. The summed E-state index contributed by atoms with van der Waals surface area (Å²) in [7, 11) is 0. The number of benzene rings is 11. The van der Waals surface area contributed by atoms with E-state index >= 15 is 17.6 Å². The van der Waals surface area contributed by atoms with Crippen LogP contribution in [0, 0.1) is 48.8 Å². The summed E-state index contributed by atoms with van der Waals surface area (Å²) in [6, 6.07) is 69.0. The Morgan fingerprint density at radius 1 is 0.221 bits per heavy atom. The third kappa shape index (κ3) is 9.72. The van der Waals surface area contributed by atoms with Gasteiger partial charge in [0.25, 0.3) is 0 Å². The predicted octanol–water partition coefficient (Wildman–Crippen LogP) is 21.5. The normalized spacial score (nSPS) is 11.5. The van der Waals surface area contributed by atoms with Crippen molar-refractivity contribution in [3.63, 3.8) is 0 Å². The summed E-state index contributed by atoms with van der Waals surface area (Å²) in [4.78, 5) is 14.5. The molecule has 0 aliphatic carbocycles. The Bertz CT molecular complexity index is 4850. The van der Waals surface area contributed by atoms with E-state index in [9.17, 15) is 8.78 Å². The molecule has 0 atom stereocenters. The highest BCUT2D eigenvalue weighted by Crippen LogP contribution is 2.47. The average molecular weight is 1130 g/mol. The first-order valence-electron chi connectivity index (χ1n) is 28.0. The van der Waals surface area contributed by atoms with Gasteiger partial charge in [-0.15, -0.1) is 0 Å². The number of aromatic nitrogens is 3. The van der Waals surface area contributed by atoms with E-state index in [1.165, 1.54) is 53.9 Å². The summed E-state index contributed by atoms with van der Waals surface area (Å²) in [5.41, 5.74) is 13.7. The number of fused-ring (bicyclic) bond motifs is 6. The molecule has 14 rings (SSSR count). The van der Waals surface area contributed by atoms with Crippen molar-refractivity contribution >= 4 is 32.3 Å². The van der Waals surface area contributed by atoms with Crippen molar-refractivity contribution in [2.24, 2.45) is 0 Å². The Morgan fingerprint density at radius 2 is 0.605 bits per heavy atom. The number of rotatable bonds is 10. The van der Waals surface area contributed by atoms with Gasteiger partial charge in [-0.2, -0.15) is 0 Å². The van der Waals surface area contributed by atoms with Gasteiger partial charge in [-0.05, 0) is 209 Å². The van der Waals surface area contributed by atoms with Gasteiger partial charge in [-0.25, -0.2) is 26.3 Å². The van der Waals surface area contributed by atoms with Crippen LogP contribution in [-0.2, 0) is 0 Å². The summed E-state index contributed by atoms with van der Waals surface area (Å²) >= 11 is 0. The monoisotopic (exact) mass is 1130 g/mol. The Balaban J connectivity index is 0.994. The second-order valence-corrected chi connectivity index (χ2v) is 21.6. The van der Waals surface area contributed by atoms with Crippen molar-refractivity contribution in [3.05, 3.63) is 295 Å². The van der Waals surface area contributed by atoms with Gasteiger partial charge >= 0.3 is 0 Å². The molecule has 0 radical (unpaired) electrons. The smallest absolute Gasteiger partial charge is 0.135 e. The number of pyridine rings is 3. The molecule has 0 fully saturated rings. The maximum atomic E-state index is 16.2. The zero-order valence-corrected chi connectivity index (χ0v) is 46.3. The van der Waals surface area contributed by atoms with E-state index in [1.54, 1.807) is 36.7 Å². The molecule has 3 heterocycles. The van der Waals surface area contributed by atoms with E-state index in [1.807, 2.05) is 86.8 Å². The van der Waals surface area contributed by atoms with Gasteiger partial charge in [0.05, 0.1) is 17.1 Å². The highest BCUT2D eigenvalue weighted by Gasteiger charge is 2.23. The number of hydrogen-bond acceptors (Lipinski definition) is 3. The van der Waals surface area contributed by atoms with Crippen LogP contribution in [0.2, 0.25) is 0 Å². The SMILES string of the molecule is Cc1cc(-c2ccc(F)cc2F)ncc1-c1ccc(F)cc1-c1cc(-c2cc(F)ccc2-c2cnc(-c3ccc(F)cc3F)cc2C)cc(-c2ccccc2-c2cnc(-c3ccccc3)cc2-c2ccc3c4ccccc4c4ccccc4c3c2)c1. The van der Waals surface area contributed by atoms with E-state index < -0.39 is 34.9 Å². The number of halogens is 6. The zero-order valence-electron chi connectivity index (χ0n) is 46.3. The molecular weight excluding hydrogens is 1080 g/mol. The quantitative estimate of drug-likeness (QED) is 0.101. The Labute approximate surface area is 491 Å². The van der Waals surface area contributed by atoms with Crippen LogP contribution in [0.3, 0.4) is 0 Å².